The molecule has 0 aliphatic carbocycles. The highest BCUT2D eigenvalue weighted by Crippen LogP contribution is 2.44. The fourth-order valence-corrected chi connectivity index (χ4v) is 8.21. The van der Waals surface area contributed by atoms with E-state index in [4.69, 9.17) is 14.7 Å². The summed E-state index contributed by atoms with van der Waals surface area (Å²) in [4.78, 5) is 14.3. The minimum absolute atomic E-state index is 0.734. The zero-order valence-corrected chi connectivity index (χ0v) is 28.8. The van der Waals surface area contributed by atoms with Gasteiger partial charge in [0.1, 0.15) is 22.8 Å². The Hall–Kier alpha value is -6.53. The number of hydrogen-bond acceptors (Lipinski definition) is 4. The maximum absolute atomic E-state index is 6.60. The molecule has 0 saturated carbocycles. The molecule has 0 atom stereocenters. The van der Waals surface area contributed by atoms with Crippen LogP contribution >= 0.6 is 0 Å². The Balaban J connectivity index is 1.18. The van der Waals surface area contributed by atoms with Gasteiger partial charge < -0.3 is 4.74 Å². The fourth-order valence-electron chi connectivity index (χ4n) is 8.21. The molecule has 0 fully saturated rings. The normalized spacial score (nSPS) is 11.9. The lowest BCUT2D eigenvalue weighted by Gasteiger charge is -2.20. The number of rotatable bonds is 4. The molecule has 6 heteroatoms. The van der Waals surface area contributed by atoms with Crippen LogP contribution in [0.15, 0.2) is 128 Å². The molecular formula is C45H33N5O. The van der Waals surface area contributed by atoms with Crippen molar-refractivity contribution in [2.24, 2.45) is 0 Å². The molecule has 0 unspecified atom stereocenters. The molecule has 5 aromatic carbocycles. The van der Waals surface area contributed by atoms with E-state index in [1.165, 1.54) is 49.9 Å². The van der Waals surface area contributed by atoms with Crippen LogP contribution in [0.2, 0.25) is 0 Å². The zero-order valence-electron chi connectivity index (χ0n) is 28.8. The maximum Gasteiger partial charge on any atom is 0.145 e. The topological polar surface area (TPSA) is 56.7 Å². The molecule has 0 aliphatic rings. The van der Waals surface area contributed by atoms with Crippen molar-refractivity contribution in [2.75, 3.05) is 0 Å². The highest BCUT2D eigenvalue weighted by Gasteiger charge is 2.20. The standard InChI is InChI=1S/C45H33N5O/c1-26-8-5-9-27(2)41(26)35-24-34-32-15-13-30(51-31-14-16-33-38(23-31)45-48-18-20-49(45)39-12-7-17-46-43(33)39)22-37(32)44-47-19-21-50(44)40(34)25-36(35)42-28(3)10-6-11-29(42)4/h5-25H,1-4H3. The first-order valence-electron chi connectivity index (χ1n) is 17.3. The third-order valence-corrected chi connectivity index (χ3v) is 10.5. The van der Waals surface area contributed by atoms with Crippen LogP contribution in [0, 0.1) is 27.7 Å². The van der Waals surface area contributed by atoms with Crippen LogP contribution in [0.3, 0.4) is 0 Å². The molecule has 0 spiro atoms. The van der Waals surface area contributed by atoms with Gasteiger partial charge in [-0.25, -0.2) is 9.97 Å². The molecule has 6 nitrogen and oxygen atoms in total. The highest BCUT2D eigenvalue weighted by atomic mass is 16.5. The van der Waals surface area contributed by atoms with Gasteiger partial charge in [-0.1, -0.05) is 36.4 Å². The van der Waals surface area contributed by atoms with Crippen LogP contribution < -0.4 is 4.74 Å². The van der Waals surface area contributed by atoms with E-state index < -0.39 is 0 Å². The van der Waals surface area contributed by atoms with Gasteiger partial charge in [0.05, 0.1) is 16.6 Å². The summed E-state index contributed by atoms with van der Waals surface area (Å²) in [7, 11) is 0. The van der Waals surface area contributed by atoms with Crippen molar-refractivity contribution in [3.8, 4) is 33.8 Å². The largest absolute Gasteiger partial charge is 0.457 e. The lowest BCUT2D eigenvalue weighted by molar-refractivity contribution is 0.484. The number of pyridine rings is 3. The predicted molar refractivity (Wildman–Crippen MR) is 208 cm³/mol. The molecule has 51 heavy (non-hydrogen) atoms. The molecule has 244 valence electrons. The van der Waals surface area contributed by atoms with Gasteiger partial charge in [-0.15, -0.1) is 0 Å². The van der Waals surface area contributed by atoms with E-state index in [2.05, 4.69) is 133 Å². The summed E-state index contributed by atoms with van der Waals surface area (Å²) in [6.07, 6.45) is 9.59. The molecule has 10 aromatic rings. The molecule has 5 heterocycles. The second-order valence-corrected chi connectivity index (χ2v) is 13.6. The first-order chi connectivity index (χ1) is 24.9. The third kappa shape index (κ3) is 4.39. The van der Waals surface area contributed by atoms with Gasteiger partial charge in [0.15, 0.2) is 0 Å². The van der Waals surface area contributed by atoms with Gasteiger partial charge in [-0.3, -0.25) is 13.8 Å². The van der Waals surface area contributed by atoms with Crippen molar-refractivity contribution in [3.63, 3.8) is 0 Å². The molecule has 5 aromatic heterocycles. The first kappa shape index (κ1) is 29.4. The highest BCUT2D eigenvalue weighted by molar-refractivity contribution is 6.15. The van der Waals surface area contributed by atoms with E-state index in [0.29, 0.717) is 0 Å². The van der Waals surface area contributed by atoms with Crippen LogP contribution in [-0.2, 0) is 0 Å². The van der Waals surface area contributed by atoms with Crippen molar-refractivity contribution in [1.82, 2.24) is 23.8 Å². The molecule has 10 rings (SSSR count). The molecular weight excluding hydrogens is 627 g/mol. The third-order valence-electron chi connectivity index (χ3n) is 10.5. The summed E-state index contributed by atoms with van der Waals surface area (Å²) in [5.41, 5.74) is 14.9. The van der Waals surface area contributed by atoms with Crippen molar-refractivity contribution >= 4 is 54.8 Å². The Morgan fingerprint density at radius 2 is 1.00 bits per heavy atom. The number of fused-ring (bicyclic) bond motifs is 12. The number of ether oxygens (including phenoxy) is 1. The minimum Gasteiger partial charge on any atom is -0.457 e. The Bertz CT molecular complexity index is 3020. The molecule has 0 amide bonds. The van der Waals surface area contributed by atoms with Crippen LogP contribution in [0.5, 0.6) is 11.5 Å². The fraction of sp³-hybridized carbons (Fsp3) is 0.0889. The van der Waals surface area contributed by atoms with E-state index in [1.807, 2.05) is 36.9 Å². The Labute approximate surface area is 294 Å². The lowest BCUT2D eigenvalue weighted by atomic mass is 9.85. The molecule has 0 bridgehead atoms. The Kier molecular flexibility index (Phi) is 6.33. The smallest absolute Gasteiger partial charge is 0.145 e. The zero-order chi connectivity index (χ0) is 34.4. The van der Waals surface area contributed by atoms with Crippen LogP contribution in [-0.4, -0.2) is 23.8 Å². The van der Waals surface area contributed by atoms with Gasteiger partial charge >= 0.3 is 0 Å². The Morgan fingerprint density at radius 3 is 1.63 bits per heavy atom. The number of aryl methyl sites for hydroxylation is 4. The second kappa shape index (κ2) is 11.0. The van der Waals surface area contributed by atoms with Gasteiger partial charge in [0.2, 0.25) is 0 Å². The van der Waals surface area contributed by atoms with Gasteiger partial charge in [0, 0.05) is 52.5 Å². The number of imidazole rings is 2. The summed E-state index contributed by atoms with van der Waals surface area (Å²) in [6, 6.07) is 34.5. The van der Waals surface area contributed by atoms with E-state index in [-0.39, 0.29) is 0 Å². The van der Waals surface area contributed by atoms with E-state index in [0.717, 1.165) is 60.9 Å². The summed E-state index contributed by atoms with van der Waals surface area (Å²) in [5.74, 6) is 1.48. The molecule has 0 radical (unpaired) electrons. The van der Waals surface area contributed by atoms with Crippen LogP contribution in [0.4, 0.5) is 0 Å². The van der Waals surface area contributed by atoms with E-state index in [9.17, 15) is 0 Å². The van der Waals surface area contributed by atoms with Crippen LogP contribution in [0.25, 0.3) is 77.0 Å². The summed E-state index contributed by atoms with van der Waals surface area (Å²) < 4.78 is 10.9. The van der Waals surface area contributed by atoms with Crippen molar-refractivity contribution in [1.29, 1.82) is 0 Å². The number of benzene rings is 5. The second-order valence-electron chi connectivity index (χ2n) is 13.6. The number of nitrogens with zero attached hydrogens (tertiary/aromatic N) is 5. The summed E-state index contributed by atoms with van der Waals surface area (Å²) in [5, 5.41) is 5.36. The Morgan fingerprint density at radius 1 is 0.451 bits per heavy atom. The minimum atomic E-state index is 0.734. The maximum atomic E-state index is 6.60. The predicted octanol–water partition coefficient (Wildman–Crippen LogP) is 11.3. The average molecular weight is 660 g/mol. The quantitative estimate of drug-likeness (QED) is 0.176. The van der Waals surface area contributed by atoms with Gasteiger partial charge in [0.25, 0.3) is 0 Å². The van der Waals surface area contributed by atoms with E-state index in [1.54, 1.807) is 0 Å². The molecule has 0 saturated heterocycles. The number of aromatic nitrogens is 5. The van der Waals surface area contributed by atoms with Crippen LogP contribution in [0.1, 0.15) is 22.3 Å². The van der Waals surface area contributed by atoms with Crippen molar-refractivity contribution < 1.29 is 4.74 Å². The molecule has 0 aliphatic heterocycles. The molecule has 0 N–H and O–H groups in total. The van der Waals surface area contributed by atoms with E-state index >= 15 is 0 Å². The van der Waals surface area contributed by atoms with Gasteiger partial charge in [-0.2, -0.15) is 0 Å². The van der Waals surface area contributed by atoms with Gasteiger partial charge in [-0.05, 0) is 138 Å². The SMILES string of the molecule is Cc1cccc(C)c1-c1cc2c3ccc(Oc4ccc5c(c4)c4nccn4c4cccnc54)cc3c3nccn3c2cc1-c1c(C)cccc1C. The monoisotopic (exact) mass is 659 g/mol. The first-order valence-corrected chi connectivity index (χ1v) is 17.3. The summed E-state index contributed by atoms with van der Waals surface area (Å²) in [6.45, 7) is 8.85. The van der Waals surface area contributed by atoms with Crippen molar-refractivity contribution in [2.45, 2.75) is 27.7 Å². The number of hydrogen-bond donors (Lipinski definition) is 0. The van der Waals surface area contributed by atoms with Crippen molar-refractivity contribution in [3.05, 3.63) is 150 Å². The average Bonchev–Trinajstić information content (AvgIpc) is 3.84. The lowest BCUT2D eigenvalue weighted by Crippen LogP contribution is -1.98. The summed E-state index contributed by atoms with van der Waals surface area (Å²) >= 11 is 0.